The fourth-order valence-corrected chi connectivity index (χ4v) is 10.1. The lowest BCUT2D eigenvalue weighted by Crippen LogP contribution is -2.29. The Morgan fingerprint density at radius 2 is 0.621 bits per heavy atom. The smallest absolute Gasteiger partial charge is 0.342 e. The van der Waals surface area contributed by atoms with Gasteiger partial charge in [0.15, 0.2) is 12.2 Å². The maximum absolute atomic E-state index is 11.7. The average Bonchev–Trinajstić information content (AvgIpc) is 0.855. The molecule has 3 aliphatic heterocycles. The van der Waals surface area contributed by atoms with E-state index in [1.54, 1.807) is 24.3 Å². The van der Waals surface area contributed by atoms with Gasteiger partial charge in [0.05, 0.1) is 38.9 Å². The molecule has 3 saturated heterocycles. The van der Waals surface area contributed by atoms with Crippen molar-refractivity contribution in [3.63, 3.8) is 0 Å². The van der Waals surface area contributed by atoms with Crippen LogP contribution in [0.3, 0.4) is 0 Å². The second-order valence-corrected chi connectivity index (χ2v) is 28.1. The van der Waals surface area contributed by atoms with Crippen molar-refractivity contribution in [2.75, 3.05) is 79.3 Å². The van der Waals surface area contributed by atoms with Gasteiger partial charge in [-0.1, -0.05) is 170 Å². The highest BCUT2D eigenvalue weighted by Crippen LogP contribution is 2.37. The minimum atomic E-state index is -0.981. The number of ether oxygens (including phenoxy) is 13. The predicted molar refractivity (Wildman–Crippen MR) is 455 cm³/mol. The summed E-state index contributed by atoms with van der Waals surface area (Å²) in [5.74, 6) is -1.97. The lowest BCUT2D eigenvalue weighted by molar-refractivity contribution is -0.306. The Bertz CT molecular complexity index is 4060. The number of aliphatic hydroxyl groups excluding tert-OH is 2. The molecular formula is C93H116O31. The molecule has 6 unspecified atom stereocenters. The minimum absolute atomic E-state index is 0. The summed E-state index contributed by atoms with van der Waals surface area (Å²) >= 11 is 0. The quantitative estimate of drug-likeness (QED) is 0.00467. The molecule has 0 aliphatic carbocycles. The van der Waals surface area contributed by atoms with Gasteiger partial charge >= 0.3 is 53.7 Å². The molecule has 9 rings (SSSR count). The number of carbonyl (C=O) groups is 11. The average molecular weight is 1730 g/mol. The van der Waals surface area contributed by atoms with E-state index in [9.17, 15) is 63.0 Å². The van der Waals surface area contributed by atoms with Crippen LogP contribution in [0, 0.1) is 0 Å². The zero-order valence-electron chi connectivity index (χ0n) is 68.4. The first-order chi connectivity index (χ1) is 57.8. The Morgan fingerprint density at radius 3 is 0.831 bits per heavy atom. The summed E-state index contributed by atoms with van der Waals surface area (Å²) in [6.07, 6.45) is 2.95. The van der Waals surface area contributed by atoms with Crippen LogP contribution in [0.25, 0.3) is 0 Å². The number of hydrogen-bond acceptors (Lipinski definition) is 30. The second kappa shape index (κ2) is 56.8. The number of aliphatic carboxylic acids is 1. The van der Waals surface area contributed by atoms with E-state index in [4.69, 9.17) is 81.5 Å². The number of cyclic esters (lactones) is 2. The first-order valence-corrected chi connectivity index (χ1v) is 38.2. The predicted octanol–water partition coefficient (Wildman–Crippen LogP) is 12.4. The standard InChI is InChI=1S/C35H40O14.C27H32O8.C21H24O4.C4H4O3.C3H4O2.3CH4/c1-5-31(38)44-23-29(46-48-33(40)9-7-19-36)21-42-27-15-11-25(12-16-27)35(3,4)26-13-17-28(18-14-26)43-22-30(24-45-32(39)6-2)47-49-34(41)10-8-20-37;1-5-25(30)34-17-21(28)15-32-23-11-7-19(8-12-23)27(3,4)20-9-13-24(14-10-20)33-16-22(29)18-35-26(31)6-2;1-21(2,15-3-7-17(8-4-15)22-11-19-13-24-19)16-5-9-18(10-6-16)23-12-20-14-25-20;5-3-1-2-4(6)7-3;1-2-3(4)5;;;/h5-6,11-20,29-30H,1-2,7-10,21-24H2,3-4H3;5-14,21-22,28-29H,1-2,15-18H2,3-4H3;3-10,19-20H,11-14H2,1-2H3;1-2H2;2H,1H2,(H,4,5);3*1H4. The Morgan fingerprint density at radius 1 is 0.387 bits per heavy atom. The number of benzene rings is 6. The van der Waals surface area contributed by atoms with Crippen molar-refractivity contribution in [2.45, 2.75) is 155 Å². The topological polar surface area (TPSA) is 412 Å². The monoisotopic (exact) mass is 1730 g/mol. The lowest BCUT2D eigenvalue weighted by Gasteiger charge is -2.26. The number of aliphatic hydroxyl groups is 2. The molecule has 3 N–H and O–H groups in total. The van der Waals surface area contributed by atoms with E-state index in [-0.39, 0.29) is 137 Å². The van der Waals surface area contributed by atoms with Gasteiger partial charge in [-0.25, -0.2) is 33.6 Å². The van der Waals surface area contributed by atoms with Gasteiger partial charge in [-0.05, 0) is 106 Å². The lowest BCUT2D eigenvalue weighted by atomic mass is 9.78. The van der Waals surface area contributed by atoms with E-state index in [0.717, 1.165) is 77.3 Å². The highest BCUT2D eigenvalue weighted by molar-refractivity contribution is 5.92. The Labute approximate surface area is 723 Å². The third kappa shape index (κ3) is 41.3. The summed E-state index contributed by atoms with van der Waals surface area (Å²) in [6.45, 7) is 30.7. The molecule has 31 nitrogen and oxygen atoms in total. The van der Waals surface area contributed by atoms with Gasteiger partial charge < -0.3 is 86.5 Å². The van der Waals surface area contributed by atoms with Crippen molar-refractivity contribution in [1.82, 2.24) is 0 Å². The van der Waals surface area contributed by atoms with Gasteiger partial charge in [0.1, 0.15) is 138 Å². The van der Waals surface area contributed by atoms with Gasteiger partial charge in [-0.15, -0.1) is 0 Å². The van der Waals surface area contributed by atoms with Gasteiger partial charge in [0.25, 0.3) is 0 Å². The SMILES string of the molecule is C.C.C.C=CC(=O)O.C=CC(=O)OCC(COc1ccc(C(C)(C)c2ccc(OCC(COC(=O)C=C)OOC(=O)CCC=O)cc2)cc1)OOC(=O)CCC=O.C=CC(=O)OCC(O)COc1ccc(C(C)(C)c2ccc(OCC(O)COC(=O)C=C)cc2)cc1.CC(C)(c1ccc(OCC2CO2)cc1)c1ccc(OCC2CO2)cc1.O=C1CCC(=O)O1. The molecule has 124 heavy (non-hydrogen) atoms. The molecule has 6 atom stereocenters. The maximum Gasteiger partial charge on any atom is 0.342 e. The number of rotatable bonds is 47. The maximum atomic E-state index is 11.7. The zero-order chi connectivity index (χ0) is 88.8. The normalized spacial score (nSPS) is 14.1. The van der Waals surface area contributed by atoms with Crippen molar-refractivity contribution in [2.24, 2.45) is 0 Å². The van der Waals surface area contributed by atoms with Crippen LogP contribution in [-0.4, -0.2) is 198 Å². The van der Waals surface area contributed by atoms with E-state index in [2.05, 4.69) is 89.6 Å². The number of esters is 6. The molecule has 3 heterocycles. The molecule has 0 radical (unpaired) electrons. The molecule has 3 aliphatic rings. The Balaban J connectivity index is 0.000000603. The van der Waals surface area contributed by atoms with Gasteiger partial charge in [0, 0.05) is 59.5 Å². The zero-order valence-corrected chi connectivity index (χ0v) is 68.4. The molecule has 0 amide bonds. The van der Waals surface area contributed by atoms with Crippen molar-refractivity contribution in [1.29, 1.82) is 0 Å². The summed E-state index contributed by atoms with van der Waals surface area (Å²) in [5.41, 5.74) is 5.68. The molecule has 0 bridgehead atoms. The number of hydrogen-bond donors (Lipinski definition) is 3. The molecule has 3 fully saturated rings. The number of carboxylic acid groups (broad SMARTS) is 1. The van der Waals surface area contributed by atoms with Crippen LogP contribution in [-0.2, 0) is 122 Å². The van der Waals surface area contributed by atoms with E-state index >= 15 is 0 Å². The number of carboxylic acids is 1. The van der Waals surface area contributed by atoms with Crippen LogP contribution in [0.2, 0.25) is 0 Å². The molecule has 674 valence electrons. The van der Waals surface area contributed by atoms with Crippen molar-refractivity contribution in [3.05, 3.63) is 242 Å². The van der Waals surface area contributed by atoms with Crippen LogP contribution in [0.5, 0.6) is 34.5 Å². The van der Waals surface area contributed by atoms with Crippen LogP contribution in [0.4, 0.5) is 0 Å². The fraction of sp³-hybridized carbons (Fsp3) is 0.387. The van der Waals surface area contributed by atoms with E-state index in [1.807, 2.05) is 111 Å². The van der Waals surface area contributed by atoms with Crippen molar-refractivity contribution >= 4 is 66.3 Å². The van der Waals surface area contributed by atoms with Crippen molar-refractivity contribution < 1.29 is 149 Å². The fourth-order valence-electron chi connectivity index (χ4n) is 10.1. The van der Waals surface area contributed by atoms with Crippen LogP contribution >= 0.6 is 0 Å². The highest BCUT2D eigenvalue weighted by atomic mass is 17.2. The van der Waals surface area contributed by atoms with Crippen molar-refractivity contribution in [3.8, 4) is 34.5 Å². The van der Waals surface area contributed by atoms with E-state index in [0.29, 0.717) is 48.8 Å². The van der Waals surface area contributed by atoms with E-state index in [1.165, 1.54) is 11.1 Å². The number of epoxide rings is 2. The Hall–Kier alpha value is -12.7. The van der Waals surface area contributed by atoms with Crippen LogP contribution < -0.4 is 28.4 Å². The molecule has 6 aromatic rings. The number of aldehydes is 2. The third-order valence-electron chi connectivity index (χ3n) is 17.6. The summed E-state index contributed by atoms with van der Waals surface area (Å²) in [4.78, 5) is 138. The molecule has 0 aromatic heterocycles. The first kappa shape index (κ1) is 107. The molecule has 6 aromatic carbocycles. The summed E-state index contributed by atoms with van der Waals surface area (Å²) in [5, 5.41) is 27.3. The largest absolute Gasteiger partial charge is 0.491 e. The minimum Gasteiger partial charge on any atom is -0.491 e. The van der Waals surface area contributed by atoms with Gasteiger partial charge in [-0.3, -0.25) is 19.4 Å². The second-order valence-electron chi connectivity index (χ2n) is 28.1. The van der Waals surface area contributed by atoms with Gasteiger partial charge in [-0.2, -0.15) is 9.78 Å². The summed E-state index contributed by atoms with van der Waals surface area (Å²) < 4.78 is 68.1. The third-order valence-corrected chi connectivity index (χ3v) is 17.6. The highest BCUT2D eigenvalue weighted by Gasteiger charge is 2.30. The summed E-state index contributed by atoms with van der Waals surface area (Å²) in [6, 6.07) is 46.3. The van der Waals surface area contributed by atoms with Crippen LogP contribution in [0.1, 0.15) is 136 Å². The Kier molecular flexibility index (Phi) is 49.2. The molecule has 0 spiro atoms. The van der Waals surface area contributed by atoms with Crippen LogP contribution in [0.15, 0.2) is 209 Å². The van der Waals surface area contributed by atoms with Gasteiger partial charge in [0.2, 0.25) is 0 Å². The molecule has 0 saturated carbocycles. The molecule has 31 heteroatoms. The summed E-state index contributed by atoms with van der Waals surface area (Å²) in [7, 11) is 0. The van der Waals surface area contributed by atoms with E-state index < -0.39 is 83.6 Å². The number of carbonyl (C=O) groups excluding carboxylic acids is 10. The molecular weight excluding hydrogens is 1610 g/mol. The first-order valence-electron chi connectivity index (χ1n) is 38.2.